The number of hydrogen-bond acceptors (Lipinski definition) is 2. The third-order valence-corrected chi connectivity index (χ3v) is 2.59. The fourth-order valence-electron chi connectivity index (χ4n) is 1.81. The van der Waals surface area contributed by atoms with Crippen LogP contribution in [0, 0.1) is 0 Å². The number of hydrogen-bond donors (Lipinski definition) is 2. The van der Waals surface area contributed by atoms with Crippen LogP contribution >= 0.6 is 0 Å². The Morgan fingerprint density at radius 3 is 2.59 bits per heavy atom. The van der Waals surface area contributed by atoms with Gasteiger partial charge in [-0.1, -0.05) is 30.3 Å². The van der Waals surface area contributed by atoms with Gasteiger partial charge in [-0.05, 0) is 35.7 Å². The molecule has 2 rings (SSSR count). The highest BCUT2D eigenvalue weighted by atomic mass is 16.4. The molecular formula is C14H13NO2. The molecule has 0 aliphatic rings. The molecule has 0 aromatic heterocycles. The van der Waals surface area contributed by atoms with Gasteiger partial charge < -0.3 is 10.8 Å². The molecule has 3 heteroatoms. The molecule has 2 aromatic rings. The molecule has 2 aromatic carbocycles. The van der Waals surface area contributed by atoms with Crippen molar-refractivity contribution < 1.29 is 9.90 Å². The molecule has 0 heterocycles. The first-order valence-corrected chi connectivity index (χ1v) is 5.32. The van der Waals surface area contributed by atoms with Crippen molar-refractivity contribution in [1.29, 1.82) is 0 Å². The van der Waals surface area contributed by atoms with Crippen LogP contribution in [0.1, 0.15) is 21.5 Å². The summed E-state index contributed by atoms with van der Waals surface area (Å²) in [5.74, 6) is -0.899. The Kier molecular flexibility index (Phi) is 3.10. The van der Waals surface area contributed by atoms with E-state index in [4.69, 9.17) is 10.8 Å². The molecule has 0 saturated heterocycles. The Balaban J connectivity index is 2.33. The Morgan fingerprint density at radius 1 is 1.12 bits per heavy atom. The van der Waals surface area contributed by atoms with E-state index in [0.29, 0.717) is 17.7 Å². The summed E-state index contributed by atoms with van der Waals surface area (Å²) in [7, 11) is 0. The van der Waals surface area contributed by atoms with E-state index in [1.165, 1.54) is 0 Å². The normalized spacial score (nSPS) is 10.1. The summed E-state index contributed by atoms with van der Waals surface area (Å²) in [6, 6.07) is 14.5. The van der Waals surface area contributed by atoms with Crippen molar-refractivity contribution in [2.45, 2.75) is 6.42 Å². The zero-order chi connectivity index (χ0) is 12.3. The molecule has 0 aliphatic carbocycles. The number of carbonyl (C=O) groups is 1. The van der Waals surface area contributed by atoms with Crippen LogP contribution in [0.2, 0.25) is 0 Å². The molecular weight excluding hydrogens is 214 g/mol. The van der Waals surface area contributed by atoms with Gasteiger partial charge in [-0.2, -0.15) is 0 Å². The van der Waals surface area contributed by atoms with Crippen LogP contribution < -0.4 is 5.73 Å². The van der Waals surface area contributed by atoms with Gasteiger partial charge in [0.25, 0.3) is 0 Å². The van der Waals surface area contributed by atoms with E-state index in [2.05, 4.69) is 0 Å². The summed E-state index contributed by atoms with van der Waals surface area (Å²) >= 11 is 0. The number of anilines is 1. The molecule has 0 radical (unpaired) electrons. The predicted molar refractivity (Wildman–Crippen MR) is 67.1 cm³/mol. The summed E-state index contributed by atoms with van der Waals surface area (Å²) in [5, 5.41) is 9.07. The summed E-state index contributed by atoms with van der Waals surface area (Å²) in [4.78, 5) is 11.1. The zero-order valence-electron chi connectivity index (χ0n) is 9.26. The highest BCUT2D eigenvalue weighted by molar-refractivity contribution is 5.89. The van der Waals surface area contributed by atoms with Crippen LogP contribution in [-0.2, 0) is 6.42 Å². The number of nitrogen functional groups attached to an aromatic ring is 1. The van der Waals surface area contributed by atoms with Gasteiger partial charge in [0.05, 0.1) is 5.56 Å². The third-order valence-electron chi connectivity index (χ3n) is 2.59. The average Bonchev–Trinajstić information content (AvgIpc) is 2.29. The van der Waals surface area contributed by atoms with Gasteiger partial charge in [0.2, 0.25) is 0 Å². The minimum atomic E-state index is -0.899. The SMILES string of the molecule is Nc1cccc(Cc2ccccc2C(=O)O)c1. The van der Waals surface area contributed by atoms with Crippen molar-refractivity contribution in [3.05, 3.63) is 65.2 Å². The number of carboxylic acid groups (broad SMARTS) is 1. The molecule has 3 nitrogen and oxygen atoms in total. The molecule has 0 aliphatic heterocycles. The molecule has 17 heavy (non-hydrogen) atoms. The highest BCUT2D eigenvalue weighted by Crippen LogP contribution is 2.16. The second-order valence-corrected chi connectivity index (χ2v) is 3.88. The fourth-order valence-corrected chi connectivity index (χ4v) is 1.81. The molecule has 0 saturated carbocycles. The summed E-state index contributed by atoms with van der Waals surface area (Å²) in [5.41, 5.74) is 8.54. The monoisotopic (exact) mass is 227 g/mol. The maximum absolute atomic E-state index is 11.1. The van der Waals surface area contributed by atoms with Crippen molar-refractivity contribution in [2.75, 3.05) is 5.73 Å². The first kappa shape index (κ1) is 11.2. The molecule has 0 bridgehead atoms. The lowest BCUT2D eigenvalue weighted by molar-refractivity contribution is 0.0696. The highest BCUT2D eigenvalue weighted by Gasteiger charge is 2.09. The second-order valence-electron chi connectivity index (χ2n) is 3.88. The van der Waals surface area contributed by atoms with Crippen LogP contribution in [0.15, 0.2) is 48.5 Å². The fraction of sp³-hybridized carbons (Fsp3) is 0.0714. The molecule has 0 amide bonds. The second kappa shape index (κ2) is 4.70. The standard InChI is InChI=1S/C14H13NO2/c15-12-6-3-4-10(9-12)8-11-5-1-2-7-13(11)14(16)17/h1-7,9H,8,15H2,(H,16,17). The molecule has 0 spiro atoms. The minimum absolute atomic E-state index is 0.343. The molecule has 0 fully saturated rings. The summed E-state index contributed by atoms with van der Waals surface area (Å²) < 4.78 is 0. The lowest BCUT2D eigenvalue weighted by Gasteiger charge is -2.06. The zero-order valence-corrected chi connectivity index (χ0v) is 9.26. The van der Waals surface area contributed by atoms with Gasteiger partial charge in [0.15, 0.2) is 0 Å². The lowest BCUT2D eigenvalue weighted by atomic mass is 9.99. The number of carboxylic acids is 1. The minimum Gasteiger partial charge on any atom is -0.478 e. The quantitative estimate of drug-likeness (QED) is 0.792. The van der Waals surface area contributed by atoms with Crippen molar-refractivity contribution in [3.63, 3.8) is 0 Å². The first-order chi connectivity index (χ1) is 8.16. The third kappa shape index (κ3) is 2.64. The van der Waals surface area contributed by atoms with Crippen LogP contribution in [-0.4, -0.2) is 11.1 Å². The van der Waals surface area contributed by atoms with Crippen LogP contribution in [0.3, 0.4) is 0 Å². The number of rotatable bonds is 3. The molecule has 0 atom stereocenters. The molecule has 3 N–H and O–H groups in total. The largest absolute Gasteiger partial charge is 0.478 e. The maximum Gasteiger partial charge on any atom is 0.335 e. The van der Waals surface area contributed by atoms with Gasteiger partial charge in [0, 0.05) is 5.69 Å². The van der Waals surface area contributed by atoms with Crippen molar-refractivity contribution >= 4 is 11.7 Å². The van der Waals surface area contributed by atoms with Crippen molar-refractivity contribution in [2.24, 2.45) is 0 Å². The smallest absolute Gasteiger partial charge is 0.335 e. The van der Waals surface area contributed by atoms with Gasteiger partial charge in [-0.25, -0.2) is 4.79 Å². The van der Waals surface area contributed by atoms with Crippen LogP contribution in [0.5, 0.6) is 0 Å². The van der Waals surface area contributed by atoms with Gasteiger partial charge in [-0.3, -0.25) is 0 Å². The topological polar surface area (TPSA) is 63.3 Å². The number of nitrogens with two attached hydrogens (primary N) is 1. The average molecular weight is 227 g/mol. The van der Waals surface area contributed by atoms with Crippen molar-refractivity contribution in [3.8, 4) is 0 Å². The van der Waals surface area contributed by atoms with E-state index in [0.717, 1.165) is 11.1 Å². The van der Waals surface area contributed by atoms with Gasteiger partial charge in [0.1, 0.15) is 0 Å². The maximum atomic E-state index is 11.1. The van der Waals surface area contributed by atoms with Crippen LogP contribution in [0.25, 0.3) is 0 Å². The van der Waals surface area contributed by atoms with E-state index < -0.39 is 5.97 Å². The number of aromatic carboxylic acids is 1. The predicted octanol–water partition coefficient (Wildman–Crippen LogP) is 2.56. The van der Waals surface area contributed by atoms with E-state index in [-0.39, 0.29) is 0 Å². The van der Waals surface area contributed by atoms with E-state index in [1.807, 2.05) is 36.4 Å². The molecule has 86 valence electrons. The summed E-state index contributed by atoms with van der Waals surface area (Å²) in [6.07, 6.45) is 0.577. The Labute approximate surface area is 99.5 Å². The van der Waals surface area contributed by atoms with Gasteiger partial charge >= 0.3 is 5.97 Å². The Bertz CT molecular complexity index is 549. The first-order valence-electron chi connectivity index (χ1n) is 5.32. The lowest BCUT2D eigenvalue weighted by Crippen LogP contribution is -2.02. The Morgan fingerprint density at radius 2 is 1.88 bits per heavy atom. The van der Waals surface area contributed by atoms with E-state index in [9.17, 15) is 4.79 Å². The van der Waals surface area contributed by atoms with Crippen molar-refractivity contribution in [1.82, 2.24) is 0 Å². The summed E-state index contributed by atoms with van der Waals surface area (Å²) in [6.45, 7) is 0. The van der Waals surface area contributed by atoms with E-state index >= 15 is 0 Å². The van der Waals surface area contributed by atoms with E-state index in [1.54, 1.807) is 12.1 Å². The molecule has 0 unspecified atom stereocenters. The van der Waals surface area contributed by atoms with Crippen LogP contribution in [0.4, 0.5) is 5.69 Å². The number of benzene rings is 2. The van der Waals surface area contributed by atoms with Gasteiger partial charge in [-0.15, -0.1) is 0 Å². The Hall–Kier alpha value is -2.29.